The first-order valence-electron chi connectivity index (χ1n) is 12.3. The molecule has 0 fully saturated rings. The zero-order valence-electron chi connectivity index (χ0n) is 20.9. The number of aliphatic hydroxyl groups is 1. The lowest BCUT2D eigenvalue weighted by Crippen LogP contribution is -2.38. The standard InChI is InChI=1S/C27H21F2N5O6/c1-12(35)23(38)24-30-8-7-15(31-24)13-5-6-16-17(9-13)34-18-10-19(25(34)32-16)33(11-21(36)37)26(39)14-3-2-4-20(22(14)18)40-27(28)29/h2-9,12,18-19,27,35H,10-11H2,1H3,(H,36,37)/t12?,18-,19-/m1/s1. The first-order chi connectivity index (χ1) is 19.1. The minimum atomic E-state index is -3.14. The van der Waals surface area contributed by atoms with Crippen LogP contribution in [0.4, 0.5) is 8.78 Å². The molecule has 0 aliphatic carbocycles. The maximum atomic E-state index is 13.5. The average Bonchev–Trinajstić information content (AvgIpc) is 3.44. The molecule has 2 aromatic heterocycles. The summed E-state index contributed by atoms with van der Waals surface area (Å²) in [6.07, 6.45) is 0.332. The van der Waals surface area contributed by atoms with Gasteiger partial charge in [-0.05, 0) is 37.3 Å². The number of ether oxygens (including phenoxy) is 1. The second-order valence-electron chi connectivity index (χ2n) is 9.54. The molecule has 0 radical (unpaired) electrons. The summed E-state index contributed by atoms with van der Waals surface area (Å²) in [6, 6.07) is 9.65. The van der Waals surface area contributed by atoms with Crippen molar-refractivity contribution in [2.24, 2.45) is 0 Å². The van der Waals surface area contributed by atoms with E-state index in [9.17, 15) is 33.4 Å². The lowest BCUT2D eigenvalue weighted by molar-refractivity contribution is -0.138. The topological polar surface area (TPSA) is 148 Å². The van der Waals surface area contributed by atoms with Crippen molar-refractivity contribution in [3.05, 3.63) is 71.4 Å². The molecule has 1 amide bonds. The second kappa shape index (κ2) is 9.45. The fraction of sp³-hybridized carbons (Fsp3) is 0.259. The van der Waals surface area contributed by atoms with Crippen molar-refractivity contribution >= 4 is 28.7 Å². The average molecular weight is 549 g/mol. The number of Topliss-reactive ketones (excluding diaryl/α,β-unsaturated/α-hetero) is 1. The zero-order chi connectivity index (χ0) is 28.3. The Morgan fingerprint density at radius 2 is 1.95 bits per heavy atom. The quantitative estimate of drug-likeness (QED) is 0.332. The number of carbonyl (C=O) groups excluding carboxylic acids is 2. The van der Waals surface area contributed by atoms with E-state index in [1.165, 1.54) is 36.2 Å². The molecule has 4 heterocycles. The molecule has 40 heavy (non-hydrogen) atoms. The highest BCUT2D eigenvalue weighted by atomic mass is 19.3. The Kier molecular flexibility index (Phi) is 6.02. The Morgan fingerprint density at radius 3 is 2.67 bits per heavy atom. The Hall–Kier alpha value is -4.78. The van der Waals surface area contributed by atoms with Crippen LogP contribution in [0.3, 0.4) is 0 Å². The molecule has 4 aromatic rings. The molecule has 204 valence electrons. The number of hydrogen-bond acceptors (Lipinski definition) is 8. The predicted octanol–water partition coefficient (Wildman–Crippen LogP) is 3.23. The van der Waals surface area contributed by atoms with Crippen molar-refractivity contribution in [1.29, 1.82) is 0 Å². The number of aliphatic hydroxyl groups excluding tert-OH is 1. The summed E-state index contributed by atoms with van der Waals surface area (Å²) in [5.74, 6) is -2.38. The van der Waals surface area contributed by atoms with E-state index in [1.54, 1.807) is 24.3 Å². The van der Waals surface area contributed by atoms with E-state index >= 15 is 0 Å². The van der Waals surface area contributed by atoms with E-state index in [4.69, 9.17) is 9.72 Å². The number of ketones is 1. The van der Waals surface area contributed by atoms with Crippen LogP contribution in [0.15, 0.2) is 48.7 Å². The van der Waals surface area contributed by atoms with Gasteiger partial charge in [-0.2, -0.15) is 8.78 Å². The highest BCUT2D eigenvalue weighted by Gasteiger charge is 2.46. The smallest absolute Gasteiger partial charge is 0.387 e. The number of alkyl halides is 2. The maximum Gasteiger partial charge on any atom is 0.387 e. The highest BCUT2D eigenvalue weighted by Crippen LogP contribution is 2.50. The molecule has 2 aliphatic heterocycles. The van der Waals surface area contributed by atoms with E-state index in [1.807, 2.05) is 4.57 Å². The summed E-state index contributed by atoms with van der Waals surface area (Å²) in [6.45, 7) is -2.42. The number of aromatic nitrogens is 4. The van der Waals surface area contributed by atoms with Gasteiger partial charge in [0.25, 0.3) is 5.91 Å². The van der Waals surface area contributed by atoms with E-state index < -0.39 is 49.0 Å². The van der Waals surface area contributed by atoms with Crippen molar-refractivity contribution in [3.8, 4) is 17.0 Å². The third-order valence-electron chi connectivity index (χ3n) is 7.11. The van der Waals surface area contributed by atoms with Crippen LogP contribution in [-0.4, -0.2) is 71.6 Å². The van der Waals surface area contributed by atoms with Crippen LogP contribution in [-0.2, 0) is 4.79 Å². The summed E-state index contributed by atoms with van der Waals surface area (Å²) >= 11 is 0. The van der Waals surface area contributed by atoms with Crippen LogP contribution in [0.5, 0.6) is 5.75 Å². The molecule has 2 aromatic carbocycles. The summed E-state index contributed by atoms with van der Waals surface area (Å²) < 4.78 is 33.4. The summed E-state index contributed by atoms with van der Waals surface area (Å²) in [5.41, 5.74) is 2.41. The zero-order valence-corrected chi connectivity index (χ0v) is 20.9. The monoisotopic (exact) mass is 549 g/mol. The number of carbonyl (C=O) groups is 3. The molecule has 0 saturated heterocycles. The Bertz CT molecular complexity index is 1700. The van der Waals surface area contributed by atoms with Gasteiger partial charge in [0.1, 0.15) is 24.2 Å². The number of fused-ring (bicyclic) bond motifs is 9. The van der Waals surface area contributed by atoms with Crippen molar-refractivity contribution in [3.63, 3.8) is 0 Å². The summed E-state index contributed by atoms with van der Waals surface area (Å²) in [7, 11) is 0. The van der Waals surface area contributed by atoms with Gasteiger partial charge in [-0.25, -0.2) is 15.0 Å². The summed E-state index contributed by atoms with van der Waals surface area (Å²) in [4.78, 5) is 51.6. The van der Waals surface area contributed by atoms with Crippen LogP contribution >= 0.6 is 0 Å². The highest BCUT2D eigenvalue weighted by molar-refractivity contribution is 5.99. The molecule has 13 heteroatoms. The van der Waals surface area contributed by atoms with Crippen molar-refractivity contribution in [2.75, 3.05) is 6.54 Å². The first kappa shape index (κ1) is 25.5. The van der Waals surface area contributed by atoms with Crippen LogP contribution in [0.2, 0.25) is 0 Å². The predicted molar refractivity (Wildman–Crippen MR) is 134 cm³/mol. The fourth-order valence-corrected chi connectivity index (χ4v) is 5.49. The molecule has 3 atom stereocenters. The Labute approximate surface area is 224 Å². The van der Waals surface area contributed by atoms with Gasteiger partial charge >= 0.3 is 12.6 Å². The van der Waals surface area contributed by atoms with Crippen LogP contribution in [0.1, 0.15) is 57.8 Å². The first-order valence-corrected chi connectivity index (χ1v) is 12.3. The van der Waals surface area contributed by atoms with Crippen LogP contribution < -0.4 is 4.74 Å². The number of imidazole rings is 1. The van der Waals surface area contributed by atoms with E-state index in [2.05, 4.69) is 9.97 Å². The minimum absolute atomic E-state index is 0.0765. The summed E-state index contributed by atoms with van der Waals surface area (Å²) in [5, 5.41) is 19.2. The molecule has 2 bridgehead atoms. The molecular formula is C27H21F2N5O6. The number of halogens is 2. The SMILES string of the molecule is CC(O)C(=O)c1nccc(-c2ccc3nc4n(c3c2)[C@@H]2C[C@H]4N(CC(=O)O)C(=O)c3cccc(OC(F)F)c32)n1. The number of amides is 1. The van der Waals surface area contributed by atoms with Crippen LogP contribution in [0, 0.1) is 0 Å². The van der Waals surface area contributed by atoms with E-state index in [0.717, 1.165) is 0 Å². The van der Waals surface area contributed by atoms with Crippen molar-refractivity contribution in [1.82, 2.24) is 24.4 Å². The number of rotatable bonds is 7. The van der Waals surface area contributed by atoms with Gasteiger partial charge in [0.05, 0.1) is 28.8 Å². The number of nitrogens with zero attached hydrogens (tertiary/aromatic N) is 5. The largest absolute Gasteiger partial charge is 0.480 e. The molecule has 0 spiro atoms. The van der Waals surface area contributed by atoms with Crippen molar-refractivity contribution in [2.45, 2.75) is 38.1 Å². The molecule has 2 N–H and O–H groups in total. The normalized spacial score (nSPS) is 18.4. The number of hydrogen-bond donors (Lipinski definition) is 2. The molecule has 0 saturated carbocycles. The number of benzene rings is 2. The fourth-order valence-electron chi connectivity index (χ4n) is 5.49. The maximum absolute atomic E-state index is 13.5. The molecular weight excluding hydrogens is 528 g/mol. The third kappa shape index (κ3) is 4.06. The van der Waals surface area contributed by atoms with Gasteiger partial charge in [-0.15, -0.1) is 0 Å². The van der Waals surface area contributed by atoms with Gasteiger partial charge in [0.2, 0.25) is 5.78 Å². The number of carboxylic acid groups (broad SMARTS) is 1. The minimum Gasteiger partial charge on any atom is -0.480 e. The number of carboxylic acids is 1. The number of aliphatic carboxylic acids is 1. The van der Waals surface area contributed by atoms with Gasteiger partial charge < -0.3 is 24.4 Å². The molecule has 11 nitrogen and oxygen atoms in total. The molecule has 6 rings (SSSR count). The van der Waals surface area contributed by atoms with Gasteiger partial charge in [-0.3, -0.25) is 14.4 Å². The third-order valence-corrected chi connectivity index (χ3v) is 7.11. The van der Waals surface area contributed by atoms with Gasteiger partial charge in [0.15, 0.2) is 5.82 Å². The lowest BCUT2D eigenvalue weighted by Gasteiger charge is -2.27. The second-order valence-corrected chi connectivity index (χ2v) is 9.54. The van der Waals surface area contributed by atoms with Gasteiger partial charge in [0, 0.05) is 29.3 Å². The molecule has 2 aliphatic rings. The van der Waals surface area contributed by atoms with E-state index in [-0.39, 0.29) is 29.1 Å². The van der Waals surface area contributed by atoms with Gasteiger partial charge in [-0.1, -0.05) is 12.1 Å². The Balaban J connectivity index is 1.55. The van der Waals surface area contributed by atoms with Crippen molar-refractivity contribution < 1.29 is 38.1 Å². The van der Waals surface area contributed by atoms with Crippen LogP contribution in [0.25, 0.3) is 22.3 Å². The Morgan fingerprint density at radius 1 is 1.15 bits per heavy atom. The lowest BCUT2D eigenvalue weighted by atomic mass is 9.97. The molecule has 1 unspecified atom stereocenters. The van der Waals surface area contributed by atoms with E-state index in [0.29, 0.717) is 28.1 Å².